The van der Waals surface area contributed by atoms with Crippen LogP contribution < -0.4 is 15.5 Å². The molecule has 1 heterocycles. The molecule has 0 spiro atoms. The predicted molar refractivity (Wildman–Crippen MR) is 107 cm³/mol. The van der Waals surface area contributed by atoms with Crippen molar-refractivity contribution in [3.05, 3.63) is 29.3 Å². The maximum atomic E-state index is 12.8. The van der Waals surface area contributed by atoms with Gasteiger partial charge in [0.25, 0.3) is 0 Å². The van der Waals surface area contributed by atoms with Crippen LogP contribution in [-0.2, 0) is 9.53 Å². The number of hydrogen-bond acceptors (Lipinski definition) is 5. The zero-order chi connectivity index (χ0) is 19.7. The SMILES string of the molecule is COCCNC(=O)C1CC(O)C(O)C2NC(=S)N(c3cc(C)cc(C)c3)C12. The molecule has 0 aromatic heterocycles. The van der Waals surface area contributed by atoms with Gasteiger partial charge in [0.05, 0.1) is 30.7 Å². The summed E-state index contributed by atoms with van der Waals surface area (Å²) in [7, 11) is 1.57. The molecule has 1 aromatic rings. The molecule has 2 fully saturated rings. The van der Waals surface area contributed by atoms with Crippen LogP contribution in [0.1, 0.15) is 17.5 Å². The summed E-state index contributed by atoms with van der Waals surface area (Å²) in [5.74, 6) is -0.687. The standard InChI is InChI=1S/C19H27N3O4S/c1-10-6-11(2)8-12(7-10)22-16-13(18(25)20-4-5-26-3)9-14(23)17(24)15(16)21-19(22)27/h6-8,13-17,23-24H,4-5,9H2,1-3H3,(H,20,25)(H,21,27). The van der Waals surface area contributed by atoms with E-state index in [2.05, 4.69) is 16.7 Å². The average molecular weight is 394 g/mol. The Labute approximate surface area is 164 Å². The molecular weight excluding hydrogens is 366 g/mol. The van der Waals surface area contributed by atoms with Crippen LogP contribution in [0.25, 0.3) is 0 Å². The summed E-state index contributed by atoms with van der Waals surface area (Å²) in [4.78, 5) is 14.7. The molecule has 0 radical (unpaired) electrons. The van der Waals surface area contributed by atoms with Crippen LogP contribution in [0.5, 0.6) is 0 Å². The number of carbonyl (C=O) groups excluding carboxylic acids is 1. The highest BCUT2D eigenvalue weighted by Crippen LogP contribution is 2.37. The molecule has 8 heteroatoms. The lowest BCUT2D eigenvalue weighted by molar-refractivity contribution is -0.131. The van der Waals surface area contributed by atoms with Crippen molar-refractivity contribution < 1.29 is 19.7 Å². The summed E-state index contributed by atoms with van der Waals surface area (Å²) < 4.78 is 4.99. The van der Waals surface area contributed by atoms with E-state index < -0.39 is 24.2 Å². The number of amides is 1. The average Bonchev–Trinajstić information content (AvgIpc) is 2.94. The second-order valence-corrected chi connectivity index (χ2v) is 7.75. The second-order valence-electron chi connectivity index (χ2n) is 7.37. The van der Waals surface area contributed by atoms with Gasteiger partial charge in [0, 0.05) is 19.3 Å². The molecule has 27 heavy (non-hydrogen) atoms. The minimum absolute atomic E-state index is 0.172. The number of thiocarbonyl (C=S) groups is 1. The predicted octanol–water partition coefficient (Wildman–Crippen LogP) is 0.239. The number of carbonyl (C=O) groups is 1. The zero-order valence-electron chi connectivity index (χ0n) is 15.8. The van der Waals surface area contributed by atoms with Crippen LogP contribution in [-0.4, -0.2) is 65.8 Å². The second kappa shape index (κ2) is 8.10. The number of anilines is 1. The lowest BCUT2D eigenvalue weighted by atomic mass is 9.77. The molecule has 5 atom stereocenters. The number of methoxy groups -OCH3 is 1. The van der Waals surface area contributed by atoms with Crippen LogP contribution >= 0.6 is 12.2 Å². The molecule has 1 aromatic carbocycles. The number of benzene rings is 1. The van der Waals surface area contributed by atoms with Gasteiger partial charge in [-0.1, -0.05) is 6.07 Å². The smallest absolute Gasteiger partial charge is 0.225 e. The van der Waals surface area contributed by atoms with E-state index in [1.807, 2.05) is 30.9 Å². The van der Waals surface area contributed by atoms with Crippen molar-refractivity contribution in [3.63, 3.8) is 0 Å². The van der Waals surface area contributed by atoms with E-state index in [-0.39, 0.29) is 18.4 Å². The topological polar surface area (TPSA) is 94.1 Å². The molecule has 5 unspecified atom stereocenters. The Hall–Kier alpha value is -1.74. The molecule has 1 aliphatic carbocycles. The van der Waals surface area contributed by atoms with Crippen LogP contribution in [0.3, 0.4) is 0 Å². The number of ether oxygens (including phenoxy) is 1. The van der Waals surface area contributed by atoms with Crippen molar-refractivity contribution in [2.75, 3.05) is 25.2 Å². The van der Waals surface area contributed by atoms with Crippen molar-refractivity contribution in [3.8, 4) is 0 Å². The first-order valence-electron chi connectivity index (χ1n) is 9.14. The van der Waals surface area contributed by atoms with Gasteiger partial charge in [-0.2, -0.15) is 0 Å². The molecule has 2 aliphatic rings. The van der Waals surface area contributed by atoms with Gasteiger partial charge in [-0.3, -0.25) is 4.79 Å². The van der Waals surface area contributed by atoms with Crippen molar-refractivity contribution in [1.82, 2.24) is 10.6 Å². The summed E-state index contributed by atoms with van der Waals surface area (Å²) in [6.07, 6.45) is -1.81. The van der Waals surface area contributed by atoms with Gasteiger partial charge in [0.2, 0.25) is 5.91 Å². The van der Waals surface area contributed by atoms with Crippen LogP contribution in [0.4, 0.5) is 5.69 Å². The molecule has 4 N–H and O–H groups in total. The van der Waals surface area contributed by atoms with Crippen molar-refractivity contribution in [2.24, 2.45) is 5.92 Å². The van der Waals surface area contributed by atoms with Gasteiger partial charge in [-0.25, -0.2) is 0 Å². The van der Waals surface area contributed by atoms with Crippen LogP contribution in [0, 0.1) is 19.8 Å². The van der Waals surface area contributed by atoms with Gasteiger partial charge in [-0.15, -0.1) is 0 Å². The maximum absolute atomic E-state index is 12.8. The Morgan fingerprint density at radius 3 is 2.63 bits per heavy atom. The van der Waals surface area contributed by atoms with Crippen molar-refractivity contribution in [1.29, 1.82) is 0 Å². The molecule has 1 aliphatic heterocycles. The van der Waals surface area contributed by atoms with Gasteiger partial charge in [-0.05, 0) is 55.7 Å². The highest BCUT2D eigenvalue weighted by Gasteiger charge is 2.53. The van der Waals surface area contributed by atoms with E-state index >= 15 is 0 Å². The molecular formula is C19H27N3O4S. The minimum atomic E-state index is -0.994. The Morgan fingerprint density at radius 1 is 1.33 bits per heavy atom. The summed E-state index contributed by atoms with van der Waals surface area (Å²) in [6, 6.07) is 5.21. The fourth-order valence-electron chi connectivity index (χ4n) is 4.14. The first-order valence-corrected chi connectivity index (χ1v) is 9.55. The van der Waals surface area contributed by atoms with Crippen LogP contribution in [0.15, 0.2) is 18.2 Å². The molecule has 3 rings (SSSR count). The molecule has 1 saturated carbocycles. The fraction of sp³-hybridized carbons (Fsp3) is 0.579. The number of rotatable bonds is 5. The quantitative estimate of drug-likeness (QED) is 0.421. The number of hydrogen-bond donors (Lipinski definition) is 4. The Kier molecular flexibility index (Phi) is 6.00. The lowest BCUT2D eigenvalue weighted by Gasteiger charge is -2.41. The largest absolute Gasteiger partial charge is 0.390 e. The first-order chi connectivity index (χ1) is 12.8. The summed E-state index contributed by atoms with van der Waals surface area (Å²) >= 11 is 5.53. The third-order valence-electron chi connectivity index (χ3n) is 5.27. The van der Waals surface area contributed by atoms with Gasteiger partial charge in [0.15, 0.2) is 5.11 Å². The van der Waals surface area contributed by atoms with E-state index in [1.54, 1.807) is 7.11 Å². The van der Waals surface area contributed by atoms with Crippen molar-refractivity contribution >= 4 is 28.9 Å². The summed E-state index contributed by atoms with van der Waals surface area (Å²) in [5.41, 5.74) is 3.07. The number of aliphatic hydroxyl groups is 2. The summed E-state index contributed by atoms with van der Waals surface area (Å²) in [6.45, 7) is 4.82. The number of aliphatic hydroxyl groups excluding tert-OH is 2. The number of fused-ring (bicyclic) bond motifs is 1. The third kappa shape index (κ3) is 3.94. The Balaban J connectivity index is 1.94. The molecule has 148 valence electrons. The van der Waals surface area contributed by atoms with Crippen LogP contribution in [0.2, 0.25) is 0 Å². The number of aryl methyl sites for hydroxylation is 2. The van der Waals surface area contributed by atoms with Gasteiger partial charge >= 0.3 is 0 Å². The number of nitrogens with zero attached hydrogens (tertiary/aromatic N) is 1. The number of nitrogens with one attached hydrogen (secondary N) is 2. The van der Waals surface area contributed by atoms with E-state index in [9.17, 15) is 15.0 Å². The lowest BCUT2D eigenvalue weighted by Crippen LogP contribution is -2.61. The van der Waals surface area contributed by atoms with E-state index in [0.29, 0.717) is 18.3 Å². The normalized spacial score (nSPS) is 30.0. The third-order valence-corrected chi connectivity index (χ3v) is 5.59. The monoisotopic (exact) mass is 393 g/mol. The Morgan fingerprint density at radius 2 is 2.00 bits per heavy atom. The van der Waals surface area contributed by atoms with Gasteiger partial charge < -0.3 is 30.5 Å². The molecule has 1 saturated heterocycles. The van der Waals surface area contributed by atoms with Crippen molar-refractivity contribution in [2.45, 2.75) is 44.6 Å². The van der Waals surface area contributed by atoms with E-state index in [1.165, 1.54) is 0 Å². The zero-order valence-corrected chi connectivity index (χ0v) is 16.6. The first kappa shape index (κ1) is 20.0. The fourth-order valence-corrected chi connectivity index (χ4v) is 4.50. The summed E-state index contributed by atoms with van der Waals surface area (Å²) in [5, 5.41) is 27.2. The maximum Gasteiger partial charge on any atom is 0.225 e. The highest BCUT2D eigenvalue weighted by atomic mass is 32.1. The van der Waals surface area contributed by atoms with E-state index in [4.69, 9.17) is 17.0 Å². The molecule has 7 nitrogen and oxygen atoms in total. The van der Waals surface area contributed by atoms with Gasteiger partial charge in [0.1, 0.15) is 6.10 Å². The Bertz CT molecular complexity index is 709. The molecule has 0 bridgehead atoms. The molecule has 1 amide bonds. The highest BCUT2D eigenvalue weighted by molar-refractivity contribution is 7.80. The van der Waals surface area contributed by atoms with E-state index in [0.717, 1.165) is 16.8 Å². The minimum Gasteiger partial charge on any atom is -0.390 e.